The molecule has 0 aromatic heterocycles. The predicted octanol–water partition coefficient (Wildman–Crippen LogP) is 11.0. The van der Waals surface area contributed by atoms with Gasteiger partial charge in [0.05, 0.1) is 17.8 Å². The summed E-state index contributed by atoms with van der Waals surface area (Å²) >= 11 is 0. The highest BCUT2D eigenvalue weighted by molar-refractivity contribution is 5.76. The Morgan fingerprint density at radius 1 is 0.294 bits per heavy atom. The Morgan fingerprint density at radius 2 is 0.721 bits per heavy atom. The van der Waals surface area contributed by atoms with Crippen LogP contribution in [0.15, 0.2) is 152 Å². The normalized spacial score (nSPS) is 20.0. The number of ether oxygens (including phenoxy) is 3. The number of hydrogen-bond acceptors (Lipinski definition) is 12. The minimum Gasteiger partial charge on any atom is -0.508 e. The van der Waals surface area contributed by atoms with Gasteiger partial charge in [-0.15, -0.1) is 0 Å². The molecule has 0 aliphatic carbocycles. The topological polar surface area (TPSA) is 210 Å². The van der Waals surface area contributed by atoms with Crippen molar-refractivity contribution in [2.24, 2.45) is 0 Å². The highest BCUT2D eigenvalue weighted by Gasteiger charge is 2.47. The first-order valence-corrected chi connectivity index (χ1v) is 21.8. The average molecular weight is 907 g/mol. The average Bonchev–Trinajstić information content (AvgIpc) is 4.00. The molecule has 0 saturated heterocycles. The second kappa shape index (κ2) is 16.2. The van der Waals surface area contributed by atoms with Crippen molar-refractivity contribution < 1.29 is 60.2 Å². The summed E-state index contributed by atoms with van der Waals surface area (Å²) in [4.78, 5) is 0. The van der Waals surface area contributed by atoms with Gasteiger partial charge in [-0.2, -0.15) is 0 Å². The maximum atomic E-state index is 11.6. The summed E-state index contributed by atoms with van der Waals surface area (Å²) in [5.74, 6) is -1.32. The van der Waals surface area contributed by atoms with Crippen LogP contribution in [-0.2, 0) is 0 Å². The molecule has 11 rings (SSSR count). The van der Waals surface area contributed by atoms with Gasteiger partial charge in [0.1, 0.15) is 87.3 Å². The van der Waals surface area contributed by atoms with E-state index in [1.807, 2.05) is 30.4 Å². The molecule has 3 heterocycles. The van der Waals surface area contributed by atoms with Crippen LogP contribution in [0.1, 0.15) is 97.3 Å². The third-order valence-electron chi connectivity index (χ3n) is 13.0. The predicted molar refractivity (Wildman–Crippen MR) is 251 cm³/mol. The fourth-order valence-electron chi connectivity index (χ4n) is 10.2. The molecular formula is C56H42O12. The van der Waals surface area contributed by atoms with Crippen molar-refractivity contribution in [1.29, 1.82) is 0 Å². The fourth-order valence-corrected chi connectivity index (χ4v) is 10.2. The van der Waals surface area contributed by atoms with E-state index in [4.69, 9.17) is 14.2 Å². The van der Waals surface area contributed by atoms with Crippen molar-refractivity contribution in [3.63, 3.8) is 0 Å². The molecular weight excluding hydrogens is 865 g/mol. The summed E-state index contributed by atoms with van der Waals surface area (Å²) in [5.41, 5.74) is 7.17. The van der Waals surface area contributed by atoms with Crippen molar-refractivity contribution in [1.82, 2.24) is 0 Å². The zero-order valence-corrected chi connectivity index (χ0v) is 35.8. The van der Waals surface area contributed by atoms with Gasteiger partial charge in [0.2, 0.25) is 0 Å². The van der Waals surface area contributed by atoms with Crippen LogP contribution in [0.3, 0.4) is 0 Å². The number of phenolic OH excluding ortho intramolecular Hbond substituents is 9. The van der Waals surface area contributed by atoms with Crippen molar-refractivity contribution in [3.05, 3.63) is 213 Å². The number of rotatable bonds is 8. The van der Waals surface area contributed by atoms with Crippen LogP contribution in [0, 0.1) is 0 Å². The van der Waals surface area contributed by atoms with Crippen LogP contribution in [0.25, 0.3) is 12.2 Å². The van der Waals surface area contributed by atoms with Gasteiger partial charge >= 0.3 is 0 Å². The Morgan fingerprint density at radius 3 is 1.28 bits per heavy atom. The minimum atomic E-state index is -0.799. The van der Waals surface area contributed by atoms with Crippen LogP contribution >= 0.6 is 0 Å². The van der Waals surface area contributed by atoms with Crippen molar-refractivity contribution in [2.45, 2.75) is 36.1 Å². The van der Waals surface area contributed by atoms with Crippen LogP contribution in [0.4, 0.5) is 0 Å². The number of benzene rings is 8. The summed E-state index contributed by atoms with van der Waals surface area (Å²) in [6.45, 7) is 0. The monoisotopic (exact) mass is 906 g/mol. The molecule has 12 heteroatoms. The Kier molecular flexibility index (Phi) is 9.96. The van der Waals surface area contributed by atoms with Gasteiger partial charge < -0.3 is 60.2 Å². The molecule has 0 bridgehead atoms. The Hall–Kier alpha value is -8.90. The lowest BCUT2D eigenvalue weighted by atomic mass is 9.76. The molecule has 0 radical (unpaired) electrons. The lowest BCUT2D eigenvalue weighted by molar-refractivity contribution is 0.219. The van der Waals surface area contributed by atoms with Gasteiger partial charge in [-0.3, -0.25) is 0 Å². The zero-order chi connectivity index (χ0) is 47.0. The lowest BCUT2D eigenvalue weighted by Crippen LogP contribution is -2.16. The highest BCUT2D eigenvalue weighted by Crippen LogP contribution is 2.60. The summed E-state index contributed by atoms with van der Waals surface area (Å²) in [5, 5.41) is 96.5. The number of phenols is 9. The van der Waals surface area contributed by atoms with E-state index in [9.17, 15) is 46.0 Å². The zero-order valence-electron chi connectivity index (χ0n) is 35.8. The first-order valence-electron chi connectivity index (χ1n) is 21.8. The van der Waals surface area contributed by atoms with E-state index >= 15 is 0 Å². The van der Waals surface area contributed by atoms with E-state index in [-0.39, 0.29) is 51.7 Å². The van der Waals surface area contributed by atoms with E-state index in [1.54, 1.807) is 109 Å². The highest BCUT2D eigenvalue weighted by atomic mass is 16.5. The van der Waals surface area contributed by atoms with Crippen LogP contribution < -0.4 is 14.2 Å². The molecule has 0 unspecified atom stereocenters. The van der Waals surface area contributed by atoms with Gasteiger partial charge in [0.15, 0.2) is 0 Å². The summed E-state index contributed by atoms with van der Waals surface area (Å²) in [6, 6.07) is 40.6. The Balaban J connectivity index is 1.09. The van der Waals surface area contributed by atoms with Crippen LogP contribution in [0.5, 0.6) is 69.0 Å². The number of aromatic hydroxyl groups is 9. The molecule has 8 aromatic carbocycles. The van der Waals surface area contributed by atoms with Gasteiger partial charge in [-0.05, 0) is 129 Å². The van der Waals surface area contributed by atoms with Gasteiger partial charge in [-0.1, -0.05) is 54.6 Å². The van der Waals surface area contributed by atoms with Crippen molar-refractivity contribution in [2.75, 3.05) is 0 Å². The maximum Gasteiger partial charge on any atom is 0.135 e. The molecule has 0 saturated carbocycles. The molecule has 12 nitrogen and oxygen atoms in total. The molecule has 68 heavy (non-hydrogen) atoms. The largest absolute Gasteiger partial charge is 0.508 e. The van der Waals surface area contributed by atoms with Gasteiger partial charge in [-0.25, -0.2) is 0 Å². The summed E-state index contributed by atoms with van der Waals surface area (Å²) in [7, 11) is 0. The maximum absolute atomic E-state index is 11.6. The second-order valence-corrected chi connectivity index (χ2v) is 17.4. The summed E-state index contributed by atoms with van der Waals surface area (Å²) in [6.07, 6.45) is 1.40. The van der Waals surface area contributed by atoms with Crippen LogP contribution in [0.2, 0.25) is 0 Å². The fraction of sp³-hybridized carbons (Fsp3) is 0.107. The SMILES string of the molecule is Oc1ccc(/C=C/c2cc(O)cc3c2[C@@H](c2cc(O)cc(O)c2)[C@H](c2ccc4c(c2)[C@@H](c2cc(O)cc5c2[C@@H](c2cc(O)cc(O)c2)[C@H](c2ccc(O)cc2)O5)[C@@H](c2ccc(O)cc2)O4)O3)cc1. The Labute approximate surface area is 389 Å². The van der Waals surface area contributed by atoms with Crippen molar-refractivity contribution >= 4 is 12.2 Å². The number of hydrogen-bond donors (Lipinski definition) is 9. The molecule has 3 aliphatic rings. The van der Waals surface area contributed by atoms with Crippen LogP contribution in [-0.4, -0.2) is 46.0 Å². The van der Waals surface area contributed by atoms with E-state index in [1.165, 1.54) is 24.3 Å². The molecule has 8 aromatic rings. The van der Waals surface area contributed by atoms with E-state index in [0.29, 0.717) is 72.9 Å². The second-order valence-electron chi connectivity index (χ2n) is 17.4. The number of fused-ring (bicyclic) bond motifs is 3. The van der Waals surface area contributed by atoms with Gasteiger partial charge in [0, 0.05) is 41.0 Å². The third-order valence-corrected chi connectivity index (χ3v) is 13.0. The Bertz CT molecular complexity index is 3250. The minimum absolute atomic E-state index is 0.0494. The van der Waals surface area contributed by atoms with E-state index in [2.05, 4.69) is 0 Å². The molecule has 0 fully saturated rings. The first-order chi connectivity index (χ1) is 32.8. The quantitative estimate of drug-likeness (QED) is 0.0652. The molecule has 9 N–H and O–H groups in total. The smallest absolute Gasteiger partial charge is 0.135 e. The molecule has 0 spiro atoms. The molecule has 0 amide bonds. The molecule has 6 atom stereocenters. The first kappa shape index (κ1) is 41.8. The molecule has 3 aliphatic heterocycles. The van der Waals surface area contributed by atoms with E-state index < -0.39 is 36.1 Å². The lowest BCUT2D eigenvalue weighted by Gasteiger charge is -2.26. The van der Waals surface area contributed by atoms with Gasteiger partial charge in [0.25, 0.3) is 0 Å². The standard InChI is InChI=1S/C56H42O12/c57-35-10-2-28(3-11-35)1-4-31-17-42(64)26-47-49(31)50(33-18-38(60)23-39(61)19-33)56(67-47)32-9-16-46-44(22-32)52(55(66-46)30-7-14-37(59)15-8-30)45-25-43(65)27-48-53(45)51(34-20-40(62)24-41(63)21-34)54(68-48)29-5-12-36(58)13-6-29/h1-27,50-52,54-65H/b4-1+/t50-,51-,52+,54+,55-,56+/m1/s1. The molecule has 338 valence electrons. The van der Waals surface area contributed by atoms with Crippen molar-refractivity contribution in [3.8, 4) is 69.0 Å². The third kappa shape index (κ3) is 7.47. The summed E-state index contributed by atoms with van der Waals surface area (Å²) < 4.78 is 20.4. The van der Waals surface area contributed by atoms with E-state index in [0.717, 1.165) is 5.56 Å².